The lowest BCUT2D eigenvalue weighted by Gasteiger charge is -2.39. The molecule has 1 unspecified atom stereocenters. The molecule has 2 N–H and O–H groups in total. The number of aliphatic hydroxyl groups is 1. The van der Waals surface area contributed by atoms with Gasteiger partial charge in [0.25, 0.3) is 0 Å². The topological polar surface area (TPSA) is 87.2 Å². The minimum Gasteiger partial charge on any atom is -0.364 e. The van der Waals surface area contributed by atoms with Crippen molar-refractivity contribution in [1.82, 2.24) is 19.9 Å². The highest BCUT2D eigenvalue weighted by molar-refractivity contribution is 6.31. The van der Waals surface area contributed by atoms with E-state index in [-0.39, 0.29) is 0 Å². The molecule has 1 atom stereocenters. The number of aromatic amines is 1. The smallest absolute Gasteiger partial charge is 0.182 e. The van der Waals surface area contributed by atoms with Crippen molar-refractivity contribution < 1.29 is 9.84 Å². The van der Waals surface area contributed by atoms with Gasteiger partial charge in [-0.2, -0.15) is 0 Å². The molecule has 6 rings (SSSR count). The van der Waals surface area contributed by atoms with E-state index in [4.69, 9.17) is 16.3 Å². The van der Waals surface area contributed by atoms with Crippen molar-refractivity contribution in [2.75, 3.05) is 18.0 Å². The first-order chi connectivity index (χ1) is 15.1. The summed E-state index contributed by atoms with van der Waals surface area (Å²) in [5.41, 5.74) is 4.08. The molecule has 0 radical (unpaired) electrons. The summed E-state index contributed by atoms with van der Waals surface area (Å²) < 4.78 is 6.01. The lowest BCUT2D eigenvalue weighted by molar-refractivity contribution is -0.180. The highest BCUT2D eigenvalue weighted by atomic mass is 35.5. The van der Waals surface area contributed by atoms with Crippen LogP contribution in [0.3, 0.4) is 0 Å². The first-order valence-corrected chi connectivity index (χ1v) is 10.7. The number of ether oxygens (including phenoxy) is 1. The standard InChI is InChI=1S/C23H20ClN5O2/c24-15-2-3-18-19(11-15)28-21(27-18)14-1-4-20(26-12-14)29-9-6-23(7-10-29)17-13-25-8-5-16(17)22(30)31-23/h1-5,8,11-13,22,30H,6-7,9-10H2,(H,27,28). The van der Waals surface area contributed by atoms with E-state index in [9.17, 15) is 5.11 Å². The number of aromatic nitrogens is 4. The number of halogens is 1. The Bertz CT molecular complexity index is 1260. The third-order valence-corrected chi connectivity index (χ3v) is 6.54. The molecule has 1 saturated heterocycles. The fourth-order valence-electron chi connectivity index (χ4n) is 4.66. The number of piperidine rings is 1. The fraction of sp³-hybridized carbons (Fsp3) is 0.261. The van der Waals surface area contributed by atoms with Crippen LogP contribution in [0.2, 0.25) is 5.02 Å². The Kier molecular flexibility index (Phi) is 4.24. The molecule has 1 fully saturated rings. The van der Waals surface area contributed by atoms with Gasteiger partial charge in [0.05, 0.1) is 11.0 Å². The Morgan fingerprint density at radius 3 is 2.81 bits per heavy atom. The number of pyridine rings is 2. The Morgan fingerprint density at radius 1 is 1.13 bits per heavy atom. The summed E-state index contributed by atoms with van der Waals surface area (Å²) in [4.78, 5) is 19.1. The number of aliphatic hydroxyl groups excluding tert-OH is 1. The van der Waals surface area contributed by atoms with Gasteiger partial charge < -0.3 is 19.7 Å². The Labute approximate surface area is 183 Å². The van der Waals surface area contributed by atoms with Crippen molar-refractivity contribution in [2.45, 2.75) is 24.7 Å². The molecule has 1 aromatic carbocycles. The molecular weight excluding hydrogens is 414 g/mol. The molecule has 8 heteroatoms. The Morgan fingerprint density at radius 2 is 2.00 bits per heavy atom. The van der Waals surface area contributed by atoms with E-state index in [1.165, 1.54) is 0 Å². The van der Waals surface area contributed by atoms with Gasteiger partial charge in [-0.25, -0.2) is 9.97 Å². The molecule has 0 bridgehead atoms. The SMILES string of the molecule is OC1OC2(CCN(c3ccc(-c4nc5ccc(Cl)cc5[nH]4)cn3)CC2)c2cnccc21. The first kappa shape index (κ1) is 18.7. The molecule has 0 amide bonds. The van der Waals surface area contributed by atoms with Crippen molar-refractivity contribution in [1.29, 1.82) is 0 Å². The average molecular weight is 434 g/mol. The van der Waals surface area contributed by atoms with E-state index in [0.717, 1.165) is 65.3 Å². The number of benzene rings is 1. The monoisotopic (exact) mass is 433 g/mol. The predicted octanol–water partition coefficient (Wildman–Crippen LogP) is 4.19. The molecule has 31 heavy (non-hydrogen) atoms. The van der Waals surface area contributed by atoms with Gasteiger partial charge >= 0.3 is 0 Å². The number of rotatable bonds is 2. The van der Waals surface area contributed by atoms with Gasteiger partial charge in [0.15, 0.2) is 6.29 Å². The maximum atomic E-state index is 10.3. The number of hydrogen-bond donors (Lipinski definition) is 2. The number of nitrogens with one attached hydrogen (secondary N) is 1. The fourth-order valence-corrected chi connectivity index (χ4v) is 4.83. The Balaban J connectivity index is 1.20. The van der Waals surface area contributed by atoms with Crippen LogP contribution in [-0.4, -0.2) is 38.1 Å². The van der Waals surface area contributed by atoms with Gasteiger partial charge in [-0.1, -0.05) is 11.6 Å². The molecule has 156 valence electrons. The van der Waals surface area contributed by atoms with E-state index in [1.807, 2.05) is 48.8 Å². The van der Waals surface area contributed by atoms with Crippen molar-refractivity contribution in [3.63, 3.8) is 0 Å². The van der Waals surface area contributed by atoms with E-state index >= 15 is 0 Å². The van der Waals surface area contributed by atoms with Crippen LogP contribution in [0.4, 0.5) is 5.82 Å². The van der Waals surface area contributed by atoms with Crippen LogP contribution in [0.25, 0.3) is 22.4 Å². The maximum absolute atomic E-state index is 10.3. The number of imidazole rings is 1. The van der Waals surface area contributed by atoms with Gasteiger partial charge in [0.1, 0.15) is 17.2 Å². The van der Waals surface area contributed by atoms with Crippen molar-refractivity contribution in [2.24, 2.45) is 0 Å². The number of H-pyrrole nitrogens is 1. The summed E-state index contributed by atoms with van der Waals surface area (Å²) in [7, 11) is 0. The molecule has 3 aromatic heterocycles. The zero-order valence-corrected chi connectivity index (χ0v) is 17.4. The highest BCUT2D eigenvalue weighted by Gasteiger charge is 2.46. The van der Waals surface area contributed by atoms with Crippen LogP contribution in [0.15, 0.2) is 55.0 Å². The second kappa shape index (κ2) is 7.02. The third-order valence-electron chi connectivity index (χ3n) is 6.31. The predicted molar refractivity (Wildman–Crippen MR) is 118 cm³/mol. The van der Waals surface area contributed by atoms with Gasteiger partial charge in [-0.05, 0) is 49.2 Å². The summed E-state index contributed by atoms with van der Waals surface area (Å²) >= 11 is 6.07. The molecule has 0 aliphatic carbocycles. The van der Waals surface area contributed by atoms with E-state index in [1.54, 1.807) is 6.20 Å². The number of nitrogens with zero attached hydrogens (tertiary/aromatic N) is 4. The zero-order chi connectivity index (χ0) is 21.0. The molecular formula is C23H20ClN5O2. The van der Waals surface area contributed by atoms with E-state index < -0.39 is 11.9 Å². The Hall–Kier alpha value is -3.00. The van der Waals surface area contributed by atoms with Crippen molar-refractivity contribution in [3.05, 3.63) is 71.1 Å². The number of hydrogen-bond acceptors (Lipinski definition) is 6. The highest BCUT2D eigenvalue weighted by Crippen LogP contribution is 2.48. The molecule has 0 saturated carbocycles. The molecule has 2 aliphatic rings. The number of fused-ring (bicyclic) bond motifs is 3. The van der Waals surface area contributed by atoms with Crippen LogP contribution in [0.5, 0.6) is 0 Å². The molecule has 4 aromatic rings. The van der Waals surface area contributed by atoms with Gasteiger partial charge in [-0.15, -0.1) is 0 Å². The van der Waals surface area contributed by atoms with Gasteiger partial charge in [0.2, 0.25) is 0 Å². The number of anilines is 1. The quantitative estimate of drug-likeness (QED) is 0.493. The first-order valence-electron chi connectivity index (χ1n) is 10.3. The van der Waals surface area contributed by atoms with E-state index in [2.05, 4.69) is 24.8 Å². The van der Waals surface area contributed by atoms with E-state index in [0.29, 0.717) is 5.02 Å². The van der Waals surface area contributed by atoms with Gasteiger partial charge in [-0.3, -0.25) is 4.98 Å². The van der Waals surface area contributed by atoms with Crippen LogP contribution in [-0.2, 0) is 10.3 Å². The molecule has 7 nitrogen and oxygen atoms in total. The summed E-state index contributed by atoms with van der Waals surface area (Å²) in [6, 6.07) is 11.5. The summed E-state index contributed by atoms with van der Waals surface area (Å²) in [6.07, 6.45) is 6.04. The van der Waals surface area contributed by atoms with Crippen LogP contribution >= 0.6 is 11.6 Å². The lowest BCUT2D eigenvalue weighted by Crippen LogP contribution is -2.43. The zero-order valence-electron chi connectivity index (χ0n) is 16.6. The van der Waals surface area contributed by atoms with Crippen LogP contribution in [0, 0.1) is 0 Å². The second-order valence-electron chi connectivity index (χ2n) is 8.07. The minimum atomic E-state index is -0.874. The molecule has 2 aliphatic heterocycles. The third kappa shape index (κ3) is 3.08. The second-order valence-corrected chi connectivity index (χ2v) is 8.50. The largest absolute Gasteiger partial charge is 0.364 e. The molecule has 5 heterocycles. The minimum absolute atomic E-state index is 0.463. The summed E-state index contributed by atoms with van der Waals surface area (Å²) in [6.45, 7) is 1.58. The summed E-state index contributed by atoms with van der Waals surface area (Å²) in [5.74, 6) is 1.69. The molecule has 1 spiro atoms. The average Bonchev–Trinajstić information content (AvgIpc) is 3.34. The van der Waals surface area contributed by atoms with Crippen LogP contribution in [0.1, 0.15) is 30.3 Å². The maximum Gasteiger partial charge on any atom is 0.182 e. The van der Waals surface area contributed by atoms with Gasteiger partial charge in [0, 0.05) is 53.4 Å². The van der Waals surface area contributed by atoms with Crippen LogP contribution < -0.4 is 4.90 Å². The normalized spacial score (nSPS) is 19.8. The lowest BCUT2D eigenvalue weighted by atomic mass is 9.84. The summed E-state index contributed by atoms with van der Waals surface area (Å²) in [5, 5.41) is 11.0. The van der Waals surface area contributed by atoms with Crippen molar-refractivity contribution >= 4 is 28.5 Å². The van der Waals surface area contributed by atoms with Crippen molar-refractivity contribution in [3.8, 4) is 11.4 Å².